The van der Waals surface area contributed by atoms with Crippen molar-refractivity contribution in [3.05, 3.63) is 24.0 Å². The third-order valence-corrected chi connectivity index (χ3v) is 1.51. The van der Waals surface area contributed by atoms with Gasteiger partial charge in [0, 0.05) is 18.3 Å². The van der Waals surface area contributed by atoms with Gasteiger partial charge in [-0.1, -0.05) is 0 Å². The van der Waals surface area contributed by atoms with Gasteiger partial charge in [0.15, 0.2) is 0 Å². The molecule has 0 amide bonds. The van der Waals surface area contributed by atoms with Gasteiger partial charge in [-0.2, -0.15) is 0 Å². The number of allylic oxidation sites excluding steroid dienone is 3. The van der Waals surface area contributed by atoms with E-state index in [0.717, 1.165) is 5.70 Å². The summed E-state index contributed by atoms with van der Waals surface area (Å²) in [6.07, 6.45) is 6.58. The zero-order valence-electron chi connectivity index (χ0n) is 7.12. The molecule has 1 aliphatic rings. The standard InChI is InChI=1S/C9H12NO2/c1-2-12-9(11)6-5-8-4-3-7-10-8/h3-4,7H,2,5-6H2,1H3. The Hall–Kier alpha value is -1.25. The molecule has 0 spiro atoms. The summed E-state index contributed by atoms with van der Waals surface area (Å²) in [5, 5.41) is 4.04. The quantitative estimate of drug-likeness (QED) is 0.591. The summed E-state index contributed by atoms with van der Waals surface area (Å²) >= 11 is 0. The van der Waals surface area contributed by atoms with Crippen molar-refractivity contribution in [3.8, 4) is 0 Å². The topological polar surface area (TPSA) is 40.4 Å². The van der Waals surface area contributed by atoms with Gasteiger partial charge in [0.05, 0.1) is 13.0 Å². The van der Waals surface area contributed by atoms with Gasteiger partial charge in [-0.25, -0.2) is 0 Å². The molecule has 0 N–H and O–H groups in total. The molecule has 1 rings (SSSR count). The highest BCUT2D eigenvalue weighted by molar-refractivity contribution is 5.69. The van der Waals surface area contributed by atoms with Gasteiger partial charge in [-0.3, -0.25) is 10.1 Å². The molecule has 1 aliphatic heterocycles. The van der Waals surface area contributed by atoms with E-state index in [2.05, 4.69) is 5.32 Å². The smallest absolute Gasteiger partial charge is 0.306 e. The van der Waals surface area contributed by atoms with Crippen molar-refractivity contribution in [1.82, 2.24) is 5.32 Å². The number of ether oxygens (including phenoxy) is 1. The first-order chi connectivity index (χ1) is 5.83. The summed E-state index contributed by atoms with van der Waals surface area (Å²) in [7, 11) is 0. The molecule has 0 saturated heterocycles. The molecule has 0 atom stereocenters. The fourth-order valence-corrected chi connectivity index (χ4v) is 0.947. The predicted molar refractivity (Wildman–Crippen MR) is 45.2 cm³/mol. The average molecular weight is 166 g/mol. The van der Waals surface area contributed by atoms with Crippen molar-refractivity contribution in [1.29, 1.82) is 0 Å². The minimum Gasteiger partial charge on any atom is -0.466 e. The lowest BCUT2D eigenvalue weighted by molar-refractivity contribution is -0.143. The van der Waals surface area contributed by atoms with Gasteiger partial charge in [0.1, 0.15) is 0 Å². The lowest BCUT2D eigenvalue weighted by Gasteiger charge is -2.01. The molecule has 0 fully saturated rings. The number of esters is 1. The summed E-state index contributed by atoms with van der Waals surface area (Å²) < 4.78 is 4.77. The highest BCUT2D eigenvalue weighted by Gasteiger charge is 2.05. The fraction of sp³-hybridized carbons (Fsp3) is 0.444. The van der Waals surface area contributed by atoms with E-state index in [1.54, 1.807) is 13.1 Å². The summed E-state index contributed by atoms with van der Waals surface area (Å²) in [5.41, 5.74) is 0.947. The number of hydrogen-bond donors (Lipinski definition) is 0. The van der Waals surface area contributed by atoms with E-state index in [1.807, 2.05) is 12.2 Å². The minimum absolute atomic E-state index is 0.152. The second-order valence-electron chi connectivity index (χ2n) is 2.43. The molecule has 3 heteroatoms. The van der Waals surface area contributed by atoms with Crippen molar-refractivity contribution in [3.63, 3.8) is 0 Å². The van der Waals surface area contributed by atoms with E-state index >= 15 is 0 Å². The zero-order chi connectivity index (χ0) is 8.81. The molecule has 0 saturated carbocycles. The van der Waals surface area contributed by atoms with Crippen LogP contribution < -0.4 is 5.32 Å². The van der Waals surface area contributed by atoms with Gasteiger partial charge in [-0.15, -0.1) is 0 Å². The van der Waals surface area contributed by atoms with Crippen LogP contribution in [0.3, 0.4) is 0 Å². The number of nitrogens with zero attached hydrogens (tertiary/aromatic N) is 1. The maximum atomic E-state index is 10.9. The van der Waals surface area contributed by atoms with E-state index < -0.39 is 0 Å². The number of carbonyl (C=O) groups is 1. The minimum atomic E-state index is -0.152. The van der Waals surface area contributed by atoms with Crippen LogP contribution >= 0.6 is 0 Å². The third kappa shape index (κ3) is 2.78. The Morgan fingerprint density at radius 3 is 3.08 bits per heavy atom. The van der Waals surface area contributed by atoms with Crippen LogP contribution in [0.25, 0.3) is 0 Å². The third-order valence-electron chi connectivity index (χ3n) is 1.51. The maximum Gasteiger partial charge on any atom is 0.306 e. The summed E-state index contributed by atoms with van der Waals surface area (Å²) in [6, 6.07) is 0. The van der Waals surface area contributed by atoms with Gasteiger partial charge >= 0.3 is 5.97 Å². The molecule has 0 aromatic rings. The van der Waals surface area contributed by atoms with Crippen molar-refractivity contribution in [2.24, 2.45) is 0 Å². The average Bonchev–Trinajstić information content (AvgIpc) is 2.53. The van der Waals surface area contributed by atoms with Crippen LogP contribution in [0.4, 0.5) is 0 Å². The number of rotatable bonds is 4. The second-order valence-corrected chi connectivity index (χ2v) is 2.43. The number of hydrogen-bond acceptors (Lipinski definition) is 2. The molecule has 1 heterocycles. The Morgan fingerprint density at radius 2 is 2.50 bits per heavy atom. The van der Waals surface area contributed by atoms with E-state index in [0.29, 0.717) is 19.4 Å². The van der Waals surface area contributed by atoms with Crippen LogP contribution in [0.5, 0.6) is 0 Å². The molecule has 0 bridgehead atoms. The zero-order valence-corrected chi connectivity index (χ0v) is 7.12. The molecule has 1 radical (unpaired) electrons. The lowest BCUT2D eigenvalue weighted by Crippen LogP contribution is -2.05. The van der Waals surface area contributed by atoms with E-state index in [1.165, 1.54) is 0 Å². The Morgan fingerprint density at radius 1 is 1.67 bits per heavy atom. The number of carbonyl (C=O) groups excluding carboxylic acids is 1. The Bertz CT molecular complexity index is 219. The monoisotopic (exact) mass is 166 g/mol. The maximum absolute atomic E-state index is 10.9. The van der Waals surface area contributed by atoms with Gasteiger partial charge in [0.25, 0.3) is 0 Å². The first kappa shape index (κ1) is 8.84. The van der Waals surface area contributed by atoms with E-state index in [4.69, 9.17) is 4.74 Å². The summed E-state index contributed by atoms with van der Waals surface area (Å²) in [6.45, 7) is 2.26. The molecule has 0 aliphatic carbocycles. The van der Waals surface area contributed by atoms with Gasteiger partial charge in [-0.05, 0) is 19.1 Å². The van der Waals surface area contributed by atoms with Gasteiger partial charge < -0.3 is 4.74 Å². The highest BCUT2D eigenvalue weighted by atomic mass is 16.5. The lowest BCUT2D eigenvalue weighted by atomic mass is 10.2. The van der Waals surface area contributed by atoms with Crippen molar-refractivity contribution in [2.45, 2.75) is 19.8 Å². The highest BCUT2D eigenvalue weighted by Crippen LogP contribution is 2.08. The Labute approximate surface area is 72.1 Å². The second kappa shape index (κ2) is 4.59. The summed E-state index contributed by atoms with van der Waals surface area (Å²) in [5.74, 6) is -0.152. The van der Waals surface area contributed by atoms with Crippen molar-refractivity contribution < 1.29 is 9.53 Å². The van der Waals surface area contributed by atoms with Crippen LogP contribution in [0.1, 0.15) is 19.8 Å². The molecular formula is C9H12NO2. The van der Waals surface area contributed by atoms with E-state index in [-0.39, 0.29) is 5.97 Å². The first-order valence-electron chi connectivity index (χ1n) is 4.05. The van der Waals surface area contributed by atoms with Crippen LogP contribution in [0.15, 0.2) is 24.0 Å². The van der Waals surface area contributed by atoms with Crippen LogP contribution in [0, 0.1) is 0 Å². The van der Waals surface area contributed by atoms with Crippen molar-refractivity contribution in [2.75, 3.05) is 6.61 Å². The molecule has 0 unspecified atom stereocenters. The van der Waals surface area contributed by atoms with Crippen LogP contribution in [0.2, 0.25) is 0 Å². The molecule has 0 aromatic carbocycles. The Kier molecular flexibility index (Phi) is 3.38. The predicted octanol–water partition coefficient (Wildman–Crippen LogP) is 1.35. The molecule has 12 heavy (non-hydrogen) atoms. The SMILES string of the molecule is CCOC(=O)CCC1=CC=C[N]1. The fourth-order valence-electron chi connectivity index (χ4n) is 0.947. The molecule has 3 nitrogen and oxygen atoms in total. The summed E-state index contributed by atoms with van der Waals surface area (Å²) in [4.78, 5) is 10.9. The normalized spacial score (nSPS) is 13.9. The van der Waals surface area contributed by atoms with Crippen LogP contribution in [-0.2, 0) is 9.53 Å². The van der Waals surface area contributed by atoms with Crippen LogP contribution in [-0.4, -0.2) is 12.6 Å². The molecule has 65 valence electrons. The molecule has 0 aromatic heterocycles. The molecular weight excluding hydrogens is 154 g/mol. The van der Waals surface area contributed by atoms with E-state index in [9.17, 15) is 4.79 Å². The van der Waals surface area contributed by atoms with Gasteiger partial charge in [0.2, 0.25) is 0 Å². The first-order valence-corrected chi connectivity index (χ1v) is 4.05. The largest absolute Gasteiger partial charge is 0.466 e. The van der Waals surface area contributed by atoms with Crippen molar-refractivity contribution >= 4 is 5.97 Å². The Balaban J connectivity index is 2.13.